The van der Waals surface area contributed by atoms with E-state index >= 15 is 0 Å². The van der Waals surface area contributed by atoms with Crippen LogP contribution in [0.3, 0.4) is 0 Å². The topological polar surface area (TPSA) is 62.7 Å². The van der Waals surface area contributed by atoms with Gasteiger partial charge in [0, 0.05) is 25.0 Å². The van der Waals surface area contributed by atoms with Crippen LogP contribution in [0.4, 0.5) is 4.39 Å². The van der Waals surface area contributed by atoms with Gasteiger partial charge in [-0.2, -0.15) is 0 Å². The van der Waals surface area contributed by atoms with Crippen LogP contribution >= 0.6 is 0 Å². The number of fused-ring (bicyclic) bond motifs is 1. The lowest BCUT2D eigenvalue weighted by molar-refractivity contribution is -0.129. The fraction of sp³-hybridized carbons (Fsp3) is 0.455. The summed E-state index contributed by atoms with van der Waals surface area (Å²) < 4.78 is 19.0. The molecule has 2 aliphatic rings. The molecular formula is C22H25FN2O3. The van der Waals surface area contributed by atoms with Crippen LogP contribution in [0, 0.1) is 24.6 Å². The van der Waals surface area contributed by atoms with Crippen LogP contribution in [0.15, 0.2) is 42.6 Å². The highest BCUT2D eigenvalue weighted by atomic mass is 19.1. The molecule has 1 saturated heterocycles. The second kappa shape index (κ2) is 7.87. The molecule has 2 heterocycles. The van der Waals surface area contributed by atoms with Gasteiger partial charge >= 0.3 is 0 Å². The first kappa shape index (κ1) is 18.9. The van der Waals surface area contributed by atoms with Gasteiger partial charge in [0.1, 0.15) is 17.7 Å². The minimum atomic E-state index is -0.584. The number of aliphatic hydroxyl groups excluding tert-OH is 1. The molecule has 0 bridgehead atoms. The first-order chi connectivity index (χ1) is 13.5. The SMILES string of the molecule is Cc1ccnc(CC(=O)N2C[C@H]3C[C@@H](Oc4ccc(F)cc4)[C@H](O)C[C@H]3C2)c1. The molecule has 1 aromatic carbocycles. The van der Waals surface area contributed by atoms with Crippen LogP contribution in [-0.2, 0) is 11.2 Å². The van der Waals surface area contributed by atoms with Crippen molar-refractivity contribution in [3.63, 3.8) is 0 Å². The molecule has 1 aliphatic heterocycles. The molecule has 1 aromatic heterocycles. The van der Waals surface area contributed by atoms with E-state index in [9.17, 15) is 14.3 Å². The maximum absolute atomic E-state index is 13.1. The summed E-state index contributed by atoms with van der Waals surface area (Å²) in [5.41, 5.74) is 1.88. The first-order valence-electron chi connectivity index (χ1n) is 9.77. The highest BCUT2D eigenvalue weighted by Crippen LogP contribution is 2.38. The Labute approximate surface area is 164 Å². The molecule has 1 N–H and O–H groups in total. The molecule has 28 heavy (non-hydrogen) atoms. The number of aromatic nitrogens is 1. The summed E-state index contributed by atoms with van der Waals surface area (Å²) in [4.78, 5) is 18.9. The van der Waals surface area contributed by atoms with Gasteiger partial charge in [0.25, 0.3) is 0 Å². The van der Waals surface area contributed by atoms with Gasteiger partial charge in [0.05, 0.1) is 12.5 Å². The molecule has 1 saturated carbocycles. The van der Waals surface area contributed by atoms with Gasteiger partial charge in [0.2, 0.25) is 5.91 Å². The van der Waals surface area contributed by atoms with Crippen LogP contribution < -0.4 is 4.74 Å². The van der Waals surface area contributed by atoms with Crippen LogP contribution in [0.25, 0.3) is 0 Å². The van der Waals surface area contributed by atoms with Crippen molar-refractivity contribution in [2.75, 3.05) is 13.1 Å². The number of rotatable bonds is 4. The van der Waals surface area contributed by atoms with Gasteiger partial charge in [0.15, 0.2) is 0 Å². The molecule has 148 valence electrons. The van der Waals surface area contributed by atoms with Crippen molar-refractivity contribution in [2.45, 2.75) is 38.4 Å². The summed E-state index contributed by atoms with van der Waals surface area (Å²) in [5, 5.41) is 10.5. The summed E-state index contributed by atoms with van der Waals surface area (Å²) in [6, 6.07) is 9.71. The van der Waals surface area contributed by atoms with E-state index in [1.54, 1.807) is 18.3 Å². The number of likely N-dealkylation sites (tertiary alicyclic amines) is 1. The van der Waals surface area contributed by atoms with E-state index in [0.29, 0.717) is 44.0 Å². The number of halogens is 1. The first-order valence-corrected chi connectivity index (χ1v) is 9.77. The number of carbonyl (C=O) groups excluding carboxylic acids is 1. The number of pyridine rings is 1. The molecule has 6 heteroatoms. The number of nitrogens with zero attached hydrogens (tertiary/aromatic N) is 2. The molecule has 0 radical (unpaired) electrons. The van der Waals surface area contributed by atoms with E-state index in [-0.39, 0.29) is 23.7 Å². The third-order valence-corrected chi connectivity index (χ3v) is 5.84. The molecule has 0 spiro atoms. The Morgan fingerprint density at radius 2 is 1.93 bits per heavy atom. The molecule has 1 amide bonds. The summed E-state index contributed by atoms with van der Waals surface area (Å²) >= 11 is 0. The van der Waals surface area contributed by atoms with E-state index in [2.05, 4.69) is 4.98 Å². The molecule has 5 nitrogen and oxygen atoms in total. The van der Waals surface area contributed by atoms with Crippen molar-refractivity contribution in [1.82, 2.24) is 9.88 Å². The summed E-state index contributed by atoms with van der Waals surface area (Å²) in [6.45, 7) is 3.35. The van der Waals surface area contributed by atoms with Crippen molar-refractivity contribution in [3.8, 4) is 5.75 Å². The van der Waals surface area contributed by atoms with Gasteiger partial charge in [-0.05, 0) is 73.6 Å². The second-order valence-corrected chi connectivity index (χ2v) is 7.97. The average molecular weight is 384 g/mol. The Balaban J connectivity index is 1.37. The van der Waals surface area contributed by atoms with Gasteiger partial charge in [-0.15, -0.1) is 0 Å². The molecular weight excluding hydrogens is 359 g/mol. The zero-order valence-electron chi connectivity index (χ0n) is 15.9. The normalized spacial score (nSPS) is 26.8. The van der Waals surface area contributed by atoms with Gasteiger partial charge in [-0.3, -0.25) is 9.78 Å². The highest BCUT2D eigenvalue weighted by molar-refractivity contribution is 5.78. The third kappa shape index (κ3) is 4.17. The van der Waals surface area contributed by atoms with Crippen molar-refractivity contribution in [3.05, 3.63) is 59.7 Å². The lowest BCUT2D eigenvalue weighted by atomic mass is 9.78. The Morgan fingerprint density at radius 3 is 2.64 bits per heavy atom. The maximum Gasteiger partial charge on any atom is 0.228 e. The molecule has 4 rings (SSSR count). The van der Waals surface area contributed by atoms with Crippen LogP contribution in [0.2, 0.25) is 0 Å². The monoisotopic (exact) mass is 384 g/mol. The largest absolute Gasteiger partial charge is 0.488 e. The number of benzene rings is 1. The average Bonchev–Trinajstić information content (AvgIpc) is 3.07. The minimum Gasteiger partial charge on any atom is -0.488 e. The number of amides is 1. The fourth-order valence-corrected chi connectivity index (χ4v) is 4.37. The van der Waals surface area contributed by atoms with Crippen molar-refractivity contribution in [2.24, 2.45) is 11.8 Å². The molecule has 0 unspecified atom stereocenters. The van der Waals surface area contributed by atoms with E-state index in [1.165, 1.54) is 12.1 Å². The van der Waals surface area contributed by atoms with Crippen LogP contribution in [0.1, 0.15) is 24.1 Å². The molecule has 1 aliphatic carbocycles. The Morgan fingerprint density at radius 1 is 1.21 bits per heavy atom. The smallest absolute Gasteiger partial charge is 0.228 e. The summed E-state index contributed by atoms with van der Waals surface area (Å²) in [5.74, 6) is 0.920. The van der Waals surface area contributed by atoms with Crippen molar-refractivity contribution in [1.29, 1.82) is 0 Å². The third-order valence-electron chi connectivity index (χ3n) is 5.84. The predicted molar refractivity (Wildman–Crippen MR) is 102 cm³/mol. The molecule has 4 atom stereocenters. The van der Waals surface area contributed by atoms with Crippen molar-refractivity contribution >= 4 is 5.91 Å². The van der Waals surface area contributed by atoms with E-state index < -0.39 is 6.10 Å². The van der Waals surface area contributed by atoms with E-state index in [1.807, 2.05) is 24.0 Å². The number of aryl methyl sites for hydroxylation is 1. The second-order valence-electron chi connectivity index (χ2n) is 7.97. The van der Waals surface area contributed by atoms with Gasteiger partial charge < -0.3 is 14.7 Å². The van der Waals surface area contributed by atoms with Crippen LogP contribution in [-0.4, -0.2) is 46.2 Å². The molecule has 2 aromatic rings. The highest BCUT2D eigenvalue weighted by Gasteiger charge is 2.43. The Kier molecular flexibility index (Phi) is 5.31. The van der Waals surface area contributed by atoms with Gasteiger partial charge in [-0.1, -0.05) is 0 Å². The number of aliphatic hydroxyl groups is 1. The standard InChI is InChI=1S/C22H25FN2O3/c1-14-6-7-24-18(8-14)11-22(27)25-12-15-9-20(26)21(10-16(15)13-25)28-19-4-2-17(23)3-5-19/h2-8,15-16,20-21,26H,9-13H2,1H3/t15-,16+,20+,21+/m0/s1. The van der Waals surface area contributed by atoms with E-state index in [0.717, 1.165) is 11.3 Å². The number of carbonyl (C=O) groups is 1. The number of hydrogen-bond donors (Lipinski definition) is 1. The Hall–Kier alpha value is -2.47. The number of hydrogen-bond acceptors (Lipinski definition) is 4. The maximum atomic E-state index is 13.1. The lowest BCUT2D eigenvalue weighted by Gasteiger charge is -2.35. The lowest BCUT2D eigenvalue weighted by Crippen LogP contribution is -2.42. The quantitative estimate of drug-likeness (QED) is 0.881. The fourth-order valence-electron chi connectivity index (χ4n) is 4.37. The Bertz CT molecular complexity index is 842. The predicted octanol–water partition coefficient (Wildman–Crippen LogP) is 2.75. The summed E-state index contributed by atoms with van der Waals surface area (Å²) in [7, 11) is 0. The van der Waals surface area contributed by atoms with Gasteiger partial charge in [-0.25, -0.2) is 4.39 Å². The van der Waals surface area contributed by atoms with E-state index in [4.69, 9.17) is 4.74 Å². The number of ether oxygens (including phenoxy) is 1. The molecule has 2 fully saturated rings. The zero-order chi connectivity index (χ0) is 19.7. The van der Waals surface area contributed by atoms with Crippen LogP contribution in [0.5, 0.6) is 5.75 Å². The zero-order valence-corrected chi connectivity index (χ0v) is 15.9. The minimum absolute atomic E-state index is 0.0815. The summed E-state index contributed by atoms with van der Waals surface area (Å²) in [6.07, 6.45) is 2.42. The van der Waals surface area contributed by atoms with Crippen molar-refractivity contribution < 1.29 is 19.0 Å².